The van der Waals surface area contributed by atoms with E-state index in [1.165, 1.54) is 32.1 Å². The Bertz CT molecular complexity index is 430. The van der Waals surface area contributed by atoms with Gasteiger partial charge in [-0.1, -0.05) is 0 Å². The molecule has 2 aliphatic rings. The number of anilines is 1. The number of hydrogen-bond donors (Lipinski definition) is 1. The van der Waals surface area contributed by atoms with Crippen LogP contribution in [0.1, 0.15) is 43.7 Å². The number of aromatic amines is 1. The molecular formula is C12H17N3O. The monoisotopic (exact) mass is 219 g/mol. The molecule has 0 bridgehead atoms. The van der Waals surface area contributed by atoms with Gasteiger partial charge >= 0.3 is 5.69 Å². The van der Waals surface area contributed by atoms with Crippen LogP contribution >= 0.6 is 0 Å². The highest BCUT2D eigenvalue weighted by Gasteiger charge is 2.26. The summed E-state index contributed by atoms with van der Waals surface area (Å²) < 4.78 is 0. The van der Waals surface area contributed by atoms with E-state index in [4.69, 9.17) is 0 Å². The van der Waals surface area contributed by atoms with Crippen molar-refractivity contribution in [2.24, 2.45) is 0 Å². The normalized spacial score (nSPS) is 21.1. The van der Waals surface area contributed by atoms with E-state index in [9.17, 15) is 4.79 Å². The van der Waals surface area contributed by atoms with Crippen molar-refractivity contribution in [3.63, 3.8) is 0 Å². The van der Waals surface area contributed by atoms with Crippen LogP contribution in [0.15, 0.2) is 10.9 Å². The molecule has 16 heavy (non-hydrogen) atoms. The molecule has 0 spiro atoms. The summed E-state index contributed by atoms with van der Waals surface area (Å²) in [4.78, 5) is 20.7. The molecule has 0 aromatic carbocycles. The fourth-order valence-electron chi connectivity index (χ4n) is 2.36. The fraction of sp³-hybridized carbons (Fsp3) is 0.667. The van der Waals surface area contributed by atoms with Crippen LogP contribution in [0, 0.1) is 0 Å². The Balaban J connectivity index is 1.89. The summed E-state index contributed by atoms with van der Waals surface area (Å²) in [5.41, 5.74) is 0.894. The maximum absolute atomic E-state index is 11.5. The van der Waals surface area contributed by atoms with E-state index in [2.05, 4.69) is 20.9 Å². The van der Waals surface area contributed by atoms with Gasteiger partial charge in [-0.3, -0.25) is 0 Å². The molecule has 4 nitrogen and oxygen atoms in total. The van der Waals surface area contributed by atoms with Crippen molar-refractivity contribution in [2.75, 3.05) is 18.0 Å². The van der Waals surface area contributed by atoms with Crippen LogP contribution in [0.5, 0.6) is 0 Å². The zero-order chi connectivity index (χ0) is 11.0. The third-order valence-corrected chi connectivity index (χ3v) is 3.45. The van der Waals surface area contributed by atoms with Gasteiger partial charge in [0.1, 0.15) is 5.82 Å². The van der Waals surface area contributed by atoms with E-state index in [1.54, 1.807) is 0 Å². The lowest BCUT2D eigenvalue weighted by Gasteiger charge is -2.27. The lowest BCUT2D eigenvalue weighted by molar-refractivity contribution is 0.572. The molecule has 1 aromatic rings. The van der Waals surface area contributed by atoms with Crippen molar-refractivity contribution in [3.8, 4) is 0 Å². The maximum atomic E-state index is 11.5. The van der Waals surface area contributed by atoms with Crippen LogP contribution in [-0.4, -0.2) is 23.1 Å². The first-order chi connectivity index (χ1) is 7.83. The Kier molecular flexibility index (Phi) is 2.42. The number of piperidine rings is 1. The average molecular weight is 219 g/mol. The van der Waals surface area contributed by atoms with Crippen molar-refractivity contribution < 1.29 is 0 Å². The molecular weight excluding hydrogens is 202 g/mol. The smallest absolute Gasteiger partial charge is 0.347 e. The Hall–Kier alpha value is -1.32. The van der Waals surface area contributed by atoms with Gasteiger partial charge in [0.2, 0.25) is 0 Å². The molecule has 0 atom stereocenters. The third kappa shape index (κ3) is 1.96. The number of nitrogens with zero attached hydrogens (tertiary/aromatic N) is 2. The maximum Gasteiger partial charge on any atom is 0.347 e. The van der Waals surface area contributed by atoms with Crippen LogP contribution in [0.4, 0.5) is 5.82 Å². The summed E-state index contributed by atoms with van der Waals surface area (Å²) >= 11 is 0. The molecule has 1 saturated carbocycles. The molecule has 0 amide bonds. The molecule has 1 saturated heterocycles. The molecule has 1 aliphatic carbocycles. The minimum Gasteiger partial charge on any atom is -0.356 e. The summed E-state index contributed by atoms with van der Waals surface area (Å²) in [6, 6.07) is 2.07. The second-order valence-corrected chi connectivity index (χ2v) is 4.82. The summed E-state index contributed by atoms with van der Waals surface area (Å²) in [6.07, 6.45) is 6.15. The zero-order valence-electron chi connectivity index (χ0n) is 9.41. The number of nitrogens with one attached hydrogen (secondary N) is 1. The second-order valence-electron chi connectivity index (χ2n) is 4.82. The molecule has 1 aromatic heterocycles. The van der Waals surface area contributed by atoms with Gasteiger partial charge in [0.15, 0.2) is 0 Å². The van der Waals surface area contributed by atoms with Gasteiger partial charge < -0.3 is 9.88 Å². The summed E-state index contributed by atoms with van der Waals surface area (Å²) in [5.74, 6) is 1.46. The van der Waals surface area contributed by atoms with Crippen molar-refractivity contribution >= 4 is 5.82 Å². The van der Waals surface area contributed by atoms with Gasteiger partial charge in [-0.2, -0.15) is 4.98 Å². The Morgan fingerprint density at radius 2 is 2.00 bits per heavy atom. The molecule has 3 rings (SSSR count). The lowest BCUT2D eigenvalue weighted by atomic mass is 10.1. The van der Waals surface area contributed by atoms with Crippen molar-refractivity contribution in [1.82, 2.24) is 9.97 Å². The van der Waals surface area contributed by atoms with Gasteiger partial charge in [0.05, 0.1) is 0 Å². The first-order valence-corrected chi connectivity index (χ1v) is 6.19. The van der Waals surface area contributed by atoms with Crippen molar-refractivity contribution in [3.05, 3.63) is 22.2 Å². The van der Waals surface area contributed by atoms with Gasteiger partial charge in [0.25, 0.3) is 0 Å². The van der Waals surface area contributed by atoms with Gasteiger partial charge in [-0.15, -0.1) is 0 Å². The predicted molar refractivity (Wildman–Crippen MR) is 62.9 cm³/mol. The van der Waals surface area contributed by atoms with E-state index < -0.39 is 0 Å². The third-order valence-electron chi connectivity index (χ3n) is 3.45. The SMILES string of the molecule is O=c1nc(N2CCCCC2)cc(C2CC2)[nH]1. The fourth-order valence-corrected chi connectivity index (χ4v) is 2.36. The van der Waals surface area contributed by atoms with E-state index in [0.717, 1.165) is 24.6 Å². The Morgan fingerprint density at radius 1 is 1.25 bits per heavy atom. The zero-order valence-corrected chi connectivity index (χ0v) is 9.41. The first kappa shape index (κ1) is 9.87. The number of H-pyrrole nitrogens is 1. The van der Waals surface area contributed by atoms with Crippen LogP contribution in [0.25, 0.3) is 0 Å². The van der Waals surface area contributed by atoms with Crippen LogP contribution in [0.3, 0.4) is 0 Å². The molecule has 86 valence electrons. The number of hydrogen-bond acceptors (Lipinski definition) is 3. The van der Waals surface area contributed by atoms with Gasteiger partial charge in [-0.05, 0) is 38.0 Å². The van der Waals surface area contributed by atoms with Crippen molar-refractivity contribution in [2.45, 2.75) is 38.0 Å². The average Bonchev–Trinajstić information content (AvgIpc) is 3.13. The highest BCUT2D eigenvalue weighted by Crippen LogP contribution is 2.39. The topological polar surface area (TPSA) is 49.0 Å². The van der Waals surface area contributed by atoms with Gasteiger partial charge in [-0.25, -0.2) is 4.79 Å². The number of aromatic nitrogens is 2. The van der Waals surface area contributed by atoms with E-state index in [1.807, 2.05) is 0 Å². The molecule has 2 fully saturated rings. The van der Waals surface area contributed by atoms with Crippen LogP contribution < -0.4 is 10.6 Å². The summed E-state index contributed by atoms with van der Waals surface area (Å²) in [5, 5.41) is 0. The molecule has 0 radical (unpaired) electrons. The molecule has 1 aliphatic heterocycles. The van der Waals surface area contributed by atoms with Crippen LogP contribution in [-0.2, 0) is 0 Å². The summed E-state index contributed by atoms with van der Waals surface area (Å²) in [7, 11) is 0. The largest absolute Gasteiger partial charge is 0.356 e. The standard InChI is InChI=1S/C12H17N3O/c16-12-13-10(9-4-5-9)8-11(14-12)15-6-2-1-3-7-15/h8-9H,1-7H2,(H,13,14,16). The van der Waals surface area contributed by atoms with E-state index in [-0.39, 0.29) is 5.69 Å². The predicted octanol–water partition coefficient (Wildman–Crippen LogP) is 1.64. The van der Waals surface area contributed by atoms with Gasteiger partial charge in [0, 0.05) is 24.8 Å². The second kappa shape index (κ2) is 3.92. The highest BCUT2D eigenvalue weighted by molar-refractivity contribution is 5.40. The van der Waals surface area contributed by atoms with E-state index in [0.29, 0.717) is 5.92 Å². The quantitative estimate of drug-likeness (QED) is 0.822. The van der Waals surface area contributed by atoms with E-state index >= 15 is 0 Å². The molecule has 2 heterocycles. The summed E-state index contributed by atoms with van der Waals surface area (Å²) in [6.45, 7) is 2.08. The number of rotatable bonds is 2. The lowest BCUT2D eigenvalue weighted by Crippen LogP contribution is -2.32. The first-order valence-electron chi connectivity index (χ1n) is 6.19. The van der Waals surface area contributed by atoms with Crippen LogP contribution in [0.2, 0.25) is 0 Å². The minimum atomic E-state index is -0.190. The molecule has 4 heteroatoms. The molecule has 1 N–H and O–H groups in total. The Morgan fingerprint density at radius 3 is 2.69 bits per heavy atom. The van der Waals surface area contributed by atoms with Crippen molar-refractivity contribution in [1.29, 1.82) is 0 Å². The minimum absolute atomic E-state index is 0.190. The molecule has 0 unspecified atom stereocenters. The highest BCUT2D eigenvalue weighted by atomic mass is 16.1. The Labute approximate surface area is 94.7 Å².